The number of hydrogen-bond donors (Lipinski definition) is 0. The molecule has 2 aliphatic heterocycles. The molecule has 178 valence electrons. The summed E-state index contributed by atoms with van der Waals surface area (Å²) in [5, 5.41) is 0. The van der Waals surface area contributed by atoms with Crippen molar-refractivity contribution in [2.75, 3.05) is 24.5 Å². The molecule has 0 radical (unpaired) electrons. The predicted octanol–water partition coefficient (Wildman–Crippen LogP) is 4.53. The molecule has 0 bridgehead atoms. The third kappa shape index (κ3) is 4.50. The molecule has 2 aromatic rings. The van der Waals surface area contributed by atoms with E-state index in [4.69, 9.17) is 0 Å². The highest BCUT2D eigenvalue weighted by Crippen LogP contribution is 2.37. The molecule has 33 heavy (non-hydrogen) atoms. The van der Waals surface area contributed by atoms with E-state index in [9.17, 15) is 30.8 Å². The lowest BCUT2D eigenvalue weighted by Crippen LogP contribution is -2.46. The largest absolute Gasteiger partial charge is 0.417 e. The van der Waals surface area contributed by atoms with Crippen LogP contribution in [0.4, 0.5) is 23.2 Å². The maximum absolute atomic E-state index is 14.7. The molecule has 2 aliphatic rings. The van der Waals surface area contributed by atoms with Gasteiger partial charge in [0.05, 0.1) is 16.1 Å². The molecule has 1 saturated heterocycles. The molecule has 0 aromatic heterocycles. The number of piperidine rings is 1. The van der Waals surface area contributed by atoms with Crippen LogP contribution in [0.25, 0.3) is 0 Å². The van der Waals surface area contributed by atoms with E-state index >= 15 is 0 Å². The third-order valence-electron chi connectivity index (χ3n) is 6.26. The molecule has 0 unspecified atom stereocenters. The van der Waals surface area contributed by atoms with Crippen LogP contribution in [0.2, 0.25) is 0 Å². The number of fused-ring (bicyclic) bond motifs is 1. The number of amides is 1. The van der Waals surface area contributed by atoms with E-state index in [1.807, 2.05) is 6.07 Å². The number of aryl methyl sites for hydroxylation is 2. The van der Waals surface area contributed by atoms with Gasteiger partial charge >= 0.3 is 6.18 Å². The van der Waals surface area contributed by atoms with Gasteiger partial charge < -0.3 is 4.90 Å². The SMILES string of the molecule is Cc1cc(F)c2c(c1)CCCN2C(=O)C1CCN(S(=O)(=O)c2ccccc2C(F)(F)F)CC1. The summed E-state index contributed by atoms with van der Waals surface area (Å²) >= 11 is 0. The van der Waals surface area contributed by atoms with Gasteiger partial charge in [0.2, 0.25) is 15.9 Å². The Bertz CT molecular complexity index is 1170. The molecule has 0 saturated carbocycles. The molecule has 10 heteroatoms. The quantitative estimate of drug-likeness (QED) is 0.602. The van der Waals surface area contributed by atoms with Crippen molar-refractivity contribution in [1.82, 2.24) is 4.31 Å². The molecule has 4 rings (SSSR count). The van der Waals surface area contributed by atoms with Crippen molar-refractivity contribution < 1.29 is 30.8 Å². The third-order valence-corrected chi connectivity index (χ3v) is 8.22. The molecule has 1 amide bonds. The lowest BCUT2D eigenvalue weighted by Gasteiger charge is -2.36. The molecule has 2 heterocycles. The molecule has 0 N–H and O–H groups in total. The Balaban J connectivity index is 1.51. The van der Waals surface area contributed by atoms with Gasteiger partial charge in [-0.1, -0.05) is 18.2 Å². The maximum Gasteiger partial charge on any atom is 0.417 e. The Morgan fingerprint density at radius 2 is 1.73 bits per heavy atom. The number of halogens is 4. The topological polar surface area (TPSA) is 57.7 Å². The van der Waals surface area contributed by atoms with Crippen LogP contribution in [0.15, 0.2) is 41.3 Å². The minimum atomic E-state index is -4.80. The van der Waals surface area contributed by atoms with Crippen molar-refractivity contribution in [2.24, 2.45) is 5.92 Å². The van der Waals surface area contributed by atoms with Gasteiger partial charge in [0.1, 0.15) is 5.82 Å². The minimum Gasteiger partial charge on any atom is -0.309 e. The van der Waals surface area contributed by atoms with Gasteiger partial charge in [0.25, 0.3) is 0 Å². The first-order valence-corrected chi connectivity index (χ1v) is 12.2. The van der Waals surface area contributed by atoms with E-state index in [1.165, 1.54) is 17.0 Å². The number of nitrogens with zero attached hydrogens (tertiary/aromatic N) is 2. The first-order chi connectivity index (χ1) is 15.5. The maximum atomic E-state index is 14.7. The molecule has 5 nitrogen and oxygen atoms in total. The van der Waals surface area contributed by atoms with Crippen molar-refractivity contribution in [3.63, 3.8) is 0 Å². The van der Waals surface area contributed by atoms with Crippen LogP contribution in [0.1, 0.15) is 36.0 Å². The Hall–Kier alpha value is -2.46. The Morgan fingerprint density at radius 1 is 1.06 bits per heavy atom. The van der Waals surface area contributed by atoms with Crippen molar-refractivity contribution in [3.05, 3.63) is 58.9 Å². The monoisotopic (exact) mass is 484 g/mol. The van der Waals surface area contributed by atoms with E-state index in [-0.39, 0.29) is 37.5 Å². The van der Waals surface area contributed by atoms with Gasteiger partial charge in [0.15, 0.2) is 0 Å². The average molecular weight is 485 g/mol. The zero-order valence-corrected chi connectivity index (χ0v) is 18.8. The number of carbonyl (C=O) groups is 1. The lowest BCUT2D eigenvalue weighted by molar-refractivity contribution is -0.139. The van der Waals surface area contributed by atoms with Crippen LogP contribution in [-0.4, -0.2) is 38.3 Å². The van der Waals surface area contributed by atoms with E-state index in [0.29, 0.717) is 19.4 Å². The van der Waals surface area contributed by atoms with Crippen LogP contribution >= 0.6 is 0 Å². The summed E-state index contributed by atoms with van der Waals surface area (Å²) in [6, 6.07) is 7.34. The molecule has 2 aromatic carbocycles. The number of alkyl halides is 3. The fraction of sp³-hybridized carbons (Fsp3) is 0.435. The highest BCUT2D eigenvalue weighted by atomic mass is 32.2. The molecular formula is C23H24F4N2O3S. The summed E-state index contributed by atoms with van der Waals surface area (Å²) in [6.07, 6.45) is -3.12. The average Bonchev–Trinajstić information content (AvgIpc) is 2.77. The zero-order valence-electron chi connectivity index (χ0n) is 18.0. The number of benzene rings is 2. The summed E-state index contributed by atoms with van der Waals surface area (Å²) < 4.78 is 81.6. The Labute approximate surface area is 190 Å². The Kier molecular flexibility index (Phi) is 6.26. The van der Waals surface area contributed by atoms with Crippen LogP contribution in [0, 0.1) is 18.7 Å². The summed E-state index contributed by atoms with van der Waals surface area (Å²) in [5.74, 6) is -1.26. The molecular weight excluding hydrogens is 460 g/mol. The number of carbonyl (C=O) groups excluding carboxylic acids is 1. The minimum absolute atomic E-state index is 0.0813. The molecule has 0 atom stereocenters. The number of rotatable bonds is 3. The second-order valence-electron chi connectivity index (χ2n) is 8.52. The fourth-order valence-electron chi connectivity index (χ4n) is 4.69. The highest BCUT2D eigenvalue weighted by Gasteiger charge is 2.41. The second-order valence-corrected chi connectivity index (χ2v) is 10.4. The van der Waals surface area contributed by atoms with Crippen LogP contribution in [0.5, 0.6) is 0 Å². The second kappa shape index (κ2) is 8.72. The van der Waals surface area contributed by atoms with Crippen LogP contribution in [-0.2, 0) is 27.4 Å². The Morgan fingerprint density at radius 3 is 2.39 bits per heavy atom. The van der Waals surface area contributed by atoms with Crippen molar-refractivity contribution in [3.8, 4) is 0 Å². The van der Waals surface area contributed by atoms with Crippen molar-refractivity contribution >= 4 is 21.6 Å². The van der Waals surface area contributed by atoms with Gasteiger partial charge in [-0.15, -0.1) is 0 Å². The molecule has 0 spiro atoms. The summed E-state index contributed by atoms with van der Waals surface area (Å²) in [7, 11) is -4.38. The normalized spacial score (nSPS) is 18.3. The van der Waals surface area contributed by atoms with E-state index in [0.717, 1.165) is 33.6 Å². The number of sulfonamides is 1. The van der Waals surface area contributed by atoms with E-state index in [1.54, 1.807) is 6.92 Å². The first-order valence-electron chi connectivity index (χ1n) is 10.8. The fourth-order valence-corrected chi connectivity index (χ4v) is 6.37. The van der Waals surface area contributed by atoms with Gasteiger partial charge in [-0.3, -0.25) is 4.79 Å². The predicted molar refractivity (Wildman–Crippen MR) is 115 cm³/mol. The number of hydrogen-bond acceptors (Lipinski definition) is 3. The van der Waals surface area contributed by atoms with Gasteiger partial charge in [-0.05, 0) is 61.9 Å². The van der Waals surface area contributed by atoms with E-state index < -0.39 is 38.4 Å². The highest BCUT2D eigenvalue weighted by molar-refractivity contribution is 7.89. The van der Waals surface area contributed by atoms with Crippen molar-refractivity contribution in [1.29, 1.82) is 0 Å². The number of anilines is 1. The lowest BCUT2D eigenvalue weighted by atomic mass is 9.93. The molecule has 1 fully saturated rings. The summed E-state index contributed by atoms with van der Waals surface area (Å²) in [6.45, 7) is 2.00. The van der Waals surface area contributed by atoms with Crippen molar-refractivity contribution in [2.45, 2.75) is 43.7 Å². The first kappa shape index (κ1) is 23.7. The molecule has 0 aliphatic carbocycles. The van der Waals surface area contributed by atoms with E-state index in [2.05, 4.69) is 0 Å². The van der Waals surface area contributed by atoms with Gasteiger partial charge in [-0.2, -0.15) is 17.5 Å². The van der Waals surface area contributed by atoms with Gasteiger partial charge in [0, 0.05) is 25.6 Å². The zero-order chi connectivity index (χ0) is 24.0. The summed E-state index contributed by atoms with van der Waals surface area (Å²) in [4.78, 5) is 13.9. The smallest absolute Gasteiger partial charge is 0.309 e. The summed E-state index contributed by atoms with van der Waals surface area (Å²) in [5.41, 5.74) is 0.624. The van der Waals surface area contributed by atoms with Crippen LogP contribution in [0.3, 0.4) is 0 Å². The van der Waals surface area contributed by atoms with Crippen LogP contribution < -0.4 is 4.90 Å². The standard InChI is InChI=1S/C23H24F4N2O3S/c1-15-13-17-5-4-10-29(21(17)19(24)14-15)22(30)16-8-11-28(12-9-16)33(31,32)20-7-3-2-6-18(20)23(25,26)27/h2-3,6-7,13-14,16H,4-5,8-12H2,1H3. The van der Waals surface area contributed by atoms with Gasteiger partial charge in [-0.25, -0.2) is 12.8 Å².